The van der Waals surface area contributed by atoms with Crippen LogP contribution in [0.5, 0.6) is 0 Å². The smallest absolute Gasteiger partial charge is 0.327 e. The maximum Gasteiger partial charge on any atom is 0.327 e. The molecule has 0 bridgehead atoms. The fraction of sp³-hybridized carbons (Fsp3) is 1.00. The van der Waals surface area contributed by atoms with E-state index in [-0.39, 0.29) is 25.4 Å². The predicted molar refractivity (Wildman–Crippen MR) is 128 cm³/mol. The van der Waals surface area contributed by atoms with E-state index >= 15 is 0 Å². The lowest BCUT2D eigenvalue weighted by Gasteiger charge is -2.10. The van der Waals surface area contributed by atoms with Crippen LogP contribution in [0.25, 0.3) is 0 Å². The summed E-state index contributed by atoms with van der Waals surface area (Å²) >= 11 is 0. The summed E-state index contributed by atoms with van der Waals surface area (Å²) in [7, 11) is -2.14. The van der Waals surface area contributed by atoms with E-state index < -0.39 is 20.8 Å². The van der Waals surface area contributed by atoms with Crippen molar-refractivity contribution in [3.8, 4) is 0 Å². The van der Waals surface area contributed by atoms with Crippen molar-refractivity contribution in [3.63, 3.8) is 0 Å². The normalized spacial score (nSPS) is 14.8. The molecule has 0 radical (unpaired) electrons. The number of hydrogen-bond donors (Lipinski definition) is 6. The van der Waals surface area contributed by atoms with Crippen molar-refractivity contribution < 1.29 is 44.2 Å². The molecule has 0 fully saturated rings. The minimum Gasteiger partial charge on any atom is -0.394 e. The average molecular weight is 491 g/mol. The Morgan fingerprint density at radius 1 is 0.656 bits per heavy atom. The predicted octanol–water partition coefficient (Wildman–Crippen LogP) is 2.74. The molecular weight excluding hydrogens is 439 g/mol. The molecule has 0 rings (SSSR count). The van der Waals surface area contributed by atoms with E-state index in [1.807, 2.05) is 0 Å². The van der Waals surface area contributed by atoms with Gasteiger partial charge in [-0.2, -0.15) is 0 Å². The Kier molecular flexibility index (Phi) is 31.3. The Morgan fingerprint density at radius 2 is 1.06 bits per heavy atom. The monoisotopic (exact) mass is 490 g/mol. The molecule has 0 aromatic rings. The second-order valence-electron chi connectivity index (χ2n) is 8.39. The van der Waals surface area contributed by atoms with Gasteiger partial charge in [0.1, 0.15) is 0 Å². The van der Waals surface area contributed by atoms with Gasteiger partial charge in [-0.15, -0.1) is 0 Å². The highest BCUT2D eigenvalue weighted by Crippen LogP contribution is 2.24. The highest BCUT2D eigenvalue weighted by molar-refractivity contribution is 7.39. The Morgan fingerprint density at radius 3 is 1.41 bits per heavy atom. The summed E-state index contributed by atoms with van der Waals surface area (Å²) in [6, 6.07) is 0. The third-order valence-corrected chi connectivity index (χ3v) is 4.30. The molecule has 0 aromatic carbocycles. The van der Waals surface area contributed by atoms with E-state index in [9.17, 15) is 0 Å². The largest absolute Gasteiger partial charge is 0.394 e. The summed E-state index contributed by atoms with van der Waals surface area (Å²) in [5.41, 5.74) is 0. The molecule has 0 aromatic heterocycles. The number of aliphatic hydroxyl groups excluding tert-OH is 4. The third kappa shape index (κ3) is 40.4. The third-order valence-electron chi connectivity index (χ3n) is 3.89. The summed E-state index contributed by atoms with van der Waals surface area (Å²) in [6.45, 7) is 12.4. The van der Waals surface area contributed by atoms with Gasteiger partial charge in [-0.25, -0.2) is 0 Å². The van der Waals surface area contributed by atoms with Crippen molar-refractivity contribution in [1.82, 2.24) is 0 Å². The highest BCUT2D eigenvalue weighted by Gasteiger charge is 2.02. The van der Waals surface area contributed by atoms with Crippen LogP contribution in [0.4, 0.5) is 0 Å². The van der Waals surface area contributed by atoms with Gasteiger partial charge in [-0.3, -0.25) is 0 Å². The summed E-state index contributed by atoms with van der Waals surface area (Å²) in [5.74, 6) is 0.811. The molecule has 0 amide bonds. The van der Waals surface area contributed by atoms with Crippen LogP contribution in [0, 0.1) is 5.92 Å². The highest BCUT2D eigenvalue weighted by atomic mass is 31.2. The fourth-order valence-corrected chi connectivity index (χ4v) is 2.34. The summed E-state index contributed by atoms with van der Waals surface area (Å²) in [4.78, 5) is 16.9. The number of hydrogen-bond acceptors (Lipinski definition) is 9. The lowest BCUT2D eigenvalue weighted by atomic mass is 10.0. The van der Waals surface area contributed by atoms with E-state index in [2.05, 4.69) is 18.4 Å². The molecule has 4 atom stereocenters. The minimum atomic E-state index is -2.14. The molecule has 9 nitrogen and oxygen atoms in total. The van der Waals surface area contributed by atoms with E-state index in [4.69, 9.17) is 39.7 Å². The van der Waals surface area contributed by atoms with E-state index in [1.54, 1.807) is 27.7 Å². The van der Waals surface area contributed by atoms with Crippen molar-refractivity contribution in [2.24, 2.45) is 5.92 Å². The SMILES string of the molecule is CC(C)CCCCCCCOP(O)O.CC(O)COC(C)CO.CC(O)COC(C)CO. The fourth-order valence-electron chi connectivity index (χ4n) is 2.04. The molecule has 198 valence electrons. The van der Waals surface area contributed by atoms with E-state index in [0.717, 1.165) is 18.8 Å². The second-order valence-corrected chi connectivity index (χ2v) is 9.15. The molecule has 0 saturated carbocycles. The number of ether oxygens (including phenoxy) is 2. The van der Waals surface area contributed by atoms with Gasteiger partial charge in [-0.1, -0.05) is 46.0 Å². The van der Waals surface area contributed by atoms with Crippen LogP contribution in [0.3, 0.4) is 0 Å². The number of unbranched alkanes of at least 4 members (excludes halogenated alkanes) is 4. The summed E-state index contributed by atoms with van der Waals surface area (Å²) in [6.07, 6.45) is 5.97. The van der Waals surface area contributed by atoms with Crippen LogP contribution in [0.2, 0.25) is 0 Å². The van der Waals surface area contributed by atoms with Gasteiger partial charge in [0.05, 0.1) is 57.5 Å². The first-order valence-corrected chi connectivity index (χ1v) is 12.7. The zero-order valence-electron chi connectivity index (χ0n) is 21.0. The average Bonchev–Trinajstić information content (AvgIpc) is 2.72. The number of rotatable bonds is 17. The van der Waals surface area contributed by atoms with Crippen LogP contribution < -0.4 is 0 Å². The van der Waals surface area contributed by atoms with E-state index in [1.165, 1.54) is 25.7 Å². The maximum atomic E-state index is 8.69. The molecule has 6 N–H and O–H groups in total. The van der Waals surface area contributed by atoms with Crippen molar-refractivity contribution in [2.75, 3.05) is 33.0 Å². The van der Waals surface area contributed by atoms with Crippen molar-refractivity contribution >= 4 is 8.60 Å². The zero-order chi connectivity index (χ0) is 25.4. The van der Waals surface area contributed by atoms with Crippen molar-refractivity contribution in [2.45, 2.75) is 104 Å². The van der Waals surface area contributed by atoms with Gasteiger partial charge in [0.25, 0.3) is 0 Å². The molecule has 0 aliphatic rings. The van der Waals surface area contributed by atoms with Crippen molar-refractivity contribution in [3.05, 3.63) is 0 Å². The first kappa shape index (κ1) is 36.6. The summed E-state index contributed by atoms with van der Waals surface area (Å²) in [5, 5.41) is 34.3. The maximum absolute atomic E-state index is 8.69. The summed E-state index contributed by atoms with van der Waals surface area (Å²) < 4.78 is 14.6. The van der Waals surface area contributed by atoms with Gasteiger partial charge in [0, 0.05) is 0 Å². The topological polar surface area (TPSA) is 149 Å². The number of aliphatic hydroxyl groups is 4. The molecule has 10 heteroatoms. The van der Waals surface area contributed by atoms with Crippen LogP contribution in [-0.4, -0.2) is 87.7 Å². The Hall–Kier alpha value is 0.0700. The lowest BCUT2D eigenvalue weighted by Crippen LogP contribution is -2.19. The molecule has 32 heavy (non-hydrogen) atoms. The molecule has 0 saturated heterocycles. The minimum absolute atomic E-state index is 0.00667. The van der Waals surface area contributed by atoms with Gasteiger partial charge in [0.15, 0.2) is 0 Å². The zero-order valence-corrected chi connectivity index (χ0v) is 21.9. The quantitative estimate of drug-likeness (QED) is 0.134. The van der Waals surface area contributed by atoms with Gasteiger partial charge < -0.3 is 44.2 Å². The molecule has 0 aliphatic carbocycles. The van der Waals surface area contributed by atoms with Gasteiger partial charge in [-0.05, 0) is 40.0 Å². The second kappa shape index (κ2) is 27.3. The van der Waals surface area contributed by atoms with Crippen molar-refractivity contribution in [1.29, 1.82) is 0 Å². The van der Waals surface area contributed by atoms with E-state index in [0.29, 0.717) is 19.8 Å². The van der Waals surface area contributed by atoms with Crippen LogP contribution >= 0.6 is 8.60 Å². The molecule has 0 aliphatic heterocycles. The van der Waals surface area contributed by atoms with Gasteiger partial charge in [0.2, 0.25) is 0 Å². The Balaban J connectivity index is -0.000000411. The molecule has 4 unspecified atom stereocenters. The molecule has 0 spiro atoms. The van der Waals surface area contributed by atoms with Crippen LogP contribution in [0.15, 0.2) is 0 Å². The Labute approximate surface area is 196 Å². The molecule has 0 heterocycles. The first-order valence-electron chi connectivity index (χ1n) is 11.6. The standard InChI is InChI=1S/C10H23O3P.2C6H14O3/c1-10(2)8-6-4-3-5-7-9-13-14(11)12;2*1-5(8)4-9-6(2)3-7/h10-12H,3-9H2,1-2H3;2*5-8H,3-4H2,1-2H3. The van der Waals surface area contributed by atoms with Crippen LogP contribution in [0.1, 0.15) is 80.1 Å². The van der Waals surface area contributed by atoms with Gasteiger partial charge >= 0.3 is 8.60 Å². The lowest BCUT2D eigenvalue weighted by molar-refractivity contribution is -0.0177. The molecular formula is C22H51O9P. The first-order chi connectivity index (χ1) is 15.0. The Bertz CT molecular complexity index is 313. The van der Waals surface area contributed by atoms with Crippen LogP contribution in [-0.2, 0) is 14.0 Å².